The molecule has 1 heterocycles. The first-order valence-electron chi connectivity index (χ1n) is 9.15. The third-order valence-corrected chi connectivity index (χ3v) is 6.57. The van der Waals surface area contributed by atoms with E-state index in [1.54, 1.807) is 18.9 Å². The van der Waals surface area contributed by atoms with E-state index in [2.05, 4.69) is 16.3 Å². The molecule has 1 atom stereocenters. The summed E-state index contributed by atoms with van der Waals surface area (Å²) in [6, 6.07) is 15.9. The van der Waals surface area contributed by atoms with Gasteiger partial charge in [0.2, 0.25) is 5.91 Å². The Morgan fingerprint density at radius 3 is 2.59 bits per heavy atom. The average Bonchev–Trinajstić information content (AvgIpc) is 2.71. The quantitative estimate of drug-likeness (QED) is 0.697. The highest BCUT2D eigenvalue weighted by Crippen LogP contribution is 2.27. The van der Waals surface area contributed by atoms with E-state index in [4.69, 9.17) is 4.74 Å². The van der Waals surface area contributed by atoms with Crippen molar-refractivity contribution in [3.63, 3.8) is 0 Å². The van der Waals surface area contributed by atoms with Gasteiger partial charge in [-0.2, -0.15) is 11.8 Å². The summed E-state index contributed by atoms with van der Waals surface area (Å²) in [6.45, 7) is 5.04. The number of hydrogen-bond acceptors (Lipinski definition) is 5. The highest BCUT2D eigenvalue weighted by Gasteiger charge is 2.17. The van der Waals surface area contributed by atoms with Crippen molar-refractivity contribution in [2.24, 2.45) is 0 Å². The van der Waals surface area contributed by atoms with E-state index in [0.29, 0.717) is 0 Å². The Morgan fingerprint density at radius 1 is 1.19 bits per heavy atom. The third kappa shape index (κ3) is 5.92. The number of rotatable bonds is 7. The number of thioether (sulfide) groups is 2. The molecule has 1 aliphatic heterocycles. The minimum absolute atomic E-state index is 0.0254. The Bertz CT molecular complexity index is 746. The maximum atomic E-state index is 12.7. The smallest absolute Gasteiger partial charge is 0.237 e. The van der Waals surface area contributed by atoms with Gasteiger partial charge in [-0.05, 0) is 42.8 Å². The lowest BCUT2D eigenvalue weighted by atomic mass is 10.1. The number of carbonyl (C=O) groups excluding carboxylic acids is 1. The molecule has 0 spiro atoms. The Morgan fingerprint density at radius 2 is 1.89 bits per heavy atom. The number of nitrogens with zero attached hydrogens (tertiary/aromatic N) is 1. The van der Waals surface area contributed by atoms with Crippen LogP contribution in [0.4, 0.5) is 5.69 Å². The molecule has 1 saturated heterocycles. The summed E-state index contributed by atoms with van der Waals surface area (Å²) in [5, 5.41) is 2.94. The molecule has 0 aromatic heterocycles. The number of carbonyl (C=O) groups is 1. The predicted molar refractivity (Wildman–Crippen MR) is 116 cm³/mol. The van der Waals surface area contributed by atoms with Gasteiger partial charge in [0.25, 0.3) is 0 Å². The molecule has 4 nitrogen and oxygen atoms in total. The average molecular weight is 403 g/mol. The van der Waals surface area contributed by atoms with Gasteiger partial charge < -0.3 is 10.1 Å². The number of ether oxygens (including phenoxy) is 1. The van der Waals surface area contributed by atoms with Crippen LogP contribution in [0.3, 0.4) is 0 Å². The predicted octanol–water partition coefficient (Wildman–Crippen LogP) is 4.36. The standard InChI is InChI=1S/C21H26N2O2S2/c1-16(27-19-9-7-18(25-2)8-10-19)21(24)22-20-6-4-3-5-17(20)15-23-11-13-26-14-12-23/h3-10,16H,11-15H2,1-2H3,(H,22,24). The van der Waals surface area contributed by atoms with Crippen molar-refractivity contribution in [2.75, 3.05) is 37.0 Å². The van der Waals surface area contributed by atoms with E-state index >= 15 is 0 Å². The van der Waals surface area contributed by atoms with E-state index in [1.807, 2.05) is 61.2 Å². The zero-order valence-corrected chi connectivity index (χ0v) is 17.4. The lowest BCUT2D eigenvalue weighted by Gasteiger charge is -2.27. The first-order valence-corrected chi connectivity index (χ1v) is 11.2. The maximum absolute atomic E-state index is 12.7. The molecule has 27 heavy (non-hydrogen) atoms. The molecule has 2 aromatic carbocycles. The normalized spacial score (nSPS) is 15.9. The number of hydrogen-bond donors (Lipinski definition) is 1. The summed E-state index contributed by atoms with van der Waals surface area (Å²) in [5.74, 6) is 3.22. The van der Waals surface area contributed by atoms with Gasteiger partial charge in [-0.1, -0.05) is 18.2 Å². The van der Waals surface area contributed by atoms with E-state index in [0.717, 1.165) is 36.0 Å². The molecular formula is C21H26N2O2S2. The molecule has 1 unspecified atom stereocenters. The van der Waals surface area contributed by atoms with Gasteiger partial charge >= 0.3 is 0 Å². The van der Waals surface area contributed by atoms with Crippen LogP contribution < -0.4 is 10.1 Å². The van der Waals surface area contributed by atoms with Crippen molar-refractivity contribution in [1.29, 1.82) is 0 Å². The van der Waals surface area contributed by atoms with Crippen molar-refractivity contribution in [3.05, 3.63) is 54.1 Å². The molecule has 1 N–H and O–H groups in total. The number of amides is 1. The van der Waals surface area contributed by atoms with Gasteiger partial charge in [0.1, 0.15) is 5.75 Å². The third-order valence-electron chi connectivity index (χ3n) is 4.51. The van der Waals surface area contributed by atoms with Gasteiger partial charge in [0.05, 0.1) is 12.4 Å². The fourth-order valence-corrected chi connectivity index (χ4v) is 4.77. The fraction of sp³-hybridized carbons (Fsp3) is 0.381. The summed E-state index contributed by atoms with van der Waals surface area (Å²) < 4.78 is 5.18. The van der Waals surface area contributed by atoms with Crippen LogP contribution in [0.2, 0.25) is 0 Å². The Balaban J connectivity index is 1.60. The highest BCUT2D eigenvalue weighted by atomic mass is 32.2. The van der Waals surface area contributed by atoms with Crippen LogP contribution in [0, 0.1) is 0 Å². The topological polar surface area (TPSA) is 41.6 Å². The van der Waals surface area contributed by atoms with Gasteiger partial charge in [0, 0.05) is 41.7 Å². The molecule has 0 bridgehead atoms. The Labute approximate surface area is 170 Å². The molecule has 1 amide bonds. The largest absolute Gasteiger partial charge is 0.497 e. The zero-order chi connectivity index (χ0) is 19.1. The molecule has 6 heteroatoms. The number of methoxy groups -OCH3 is 1. The minimum atomic E-state index is -0.183. The highest BCUT2D eigenvalue weighted by molar-refractivity contribution is 8.00. The SMILES string of the molecule is COc1ccc(SC(C)C(=O)Nc2ccccc2CN2CCSCC2)cc1. The van der Waals surface area contributed by atoms with Crippen LogP contribution in [-0.4, -0.2) is 47.8 Å². The van der Waals surface area contributed by atoms with Crippen molar-refractivity contribution >= 4 is 35.1 Å². The van der Waals surface area contributed by atoms with Crippen molar-refractivity contribution < 1.29 is 9.53 Å². The van der Waals surface area contributed by atoms with Crippen LogP contribution in [0.25, 0.3) is 0 Å². The summed E-state index contributed by atoms with van der Waals surface area (Å²) in [5.41, 5.74) is 2.10. The van der Waals surface area contributed by atoms with Crippen LogP contribution in [-0.2, 0) is 11.3 Å². The molecule has 0 saturated carbocycles. The molecule has 3 rings (SSSR count). The second kappa shape index (κ2) is 10.1. The van der Waals surface area contributed by atoms with Crippen LogP contribution in [0.1, 0.15) is 12.5 Å². The molecule has 1 fully saturated rings. The lowest BCUT2D eigenvalue weighted by Crippen LogP contribution is -2.32. The number of anilines is 1. The fourth-order valence-electron chi connectivity index (χ4n) is 2.93. The first kappa shape index (κ1) is 20.1. The summed E-state index contributed by atoms with van der Waals surface area (Å²) in [7, 11) is 1.65. The van der Waals surface area contributed by atoms with Gasteiger partial charge in [-0.15, -0.1) is 11.8 Å². The van der Waals surface area contributed by atoms with Gasteiger partial charge in [0.15, 0.2) is 0 Å². The minimum Gasteiger partial charge on any atom is -0.497 e. The van der Waals surface area contributed by atoms with Crippen molar-refractivity contribution in [2.45, 2.75) is 23.6 Å². The van der Waals surface area contributed by atoms with Crippen molar-refractivity contribution in [3.8, 4) is 5.75 Å². The molecule has 0 aliphatic carbocycles. The molecule has 144 valence electrons. The number of benzene rings is 2. The lowest BCUT2D eigenvalue weighted by molar-refractivity contribution is -0.115. The number of nitrogens with one attached hydrogen (secondary N) is 1. The first-order chi connectivity index (χ1) is 13.2. The van der Waals surface area contributed by atoms with Crippen LogP contribution in [0.5, 0.6) is 5.75 Å². The van der Waals surface area contributed by atoms with E-state index in [9.17, 15) is 4.79 Å². The van der Waals surface area contributed by atoms with Crippen molar-refractivity contribution in [1.82, 2.24) is 4.90 Å². The maximum Gasteiger partial charge on any atom is 0.237 e. The number of para-hydroxylation sites is 1. The summed E-state index contributed by atoms with van der Waals surface area (Å²) in [6.07, 6.45) is 0. The molecule has 0 radical (unpaired) electrons. The molecular weight excluding hydrogens is 376 g/mol. The van der Waals surface area contributed by atoms with E-state index in [1.165, 1.54) is 17.1 Å². The van der Waals surface area contributed by atoms with Crippen LogP contribution >= 0.6 is 23.5 Å². The Hall–Kier alpha value is -1.63. The Kier molecular flexibility index (Phi) is 7.50. The molecule has 1 aliphatic rings. The monoisotopic (exact) mass is 402 g/mol. The van der Waals surface area contributed by atoms with E-state index < -0.39 is 0 Å². The van der Waals surface area contributed by atoms with Gasteiger partial charge in [-0.25, -0.2) is 0 Å². The molecule has 2 aromatic rings. The summed E-state index contributed by atoms with van der Waals surface area (Å²) >= 11 is 3.56. The van der Waals surface area contributed by atoms with Gasteiger partial charge in [-0.3, -0.25) is 9.69 Å². The van der Waals surface area contributed by atoms with E-state index in [-0.39, 0.29) is 11.2 Å². The second-order valence-electron chi connectivity index (χ2n) is 6.47. The van der Waals surface area contributed by atoms with Crippen LogP contribution in [0.15, 0.2) is 53.4 Å². The summed E-state index contributed by atoms with van der Waals surface area (Å²) in [4.78, 5) is 16.2. The zero-order valence-electron chi connectivity index (χ0n) is 15.8. The second-order valence-corrected chi connectivity index (χ2v) is 9.11.